The Morgan fingerprint density at radius 3 is 2.81 bits per heavy atom. The van der Waals surface area contributed by atoms with Crippen LogP contribution in [-0.4, -0.2) is 53.8 Å². The van der Waals surface area contributed by atoms with E-state index in [1.54, 1.807) is 0 Å². The van der Waals surface area contributed by atoms with Gasteiger partial charge < -0.3 is 10.2 Å². The third-order valence-electron chi connectivity index (χ3n) is 6.23. The number of nitrogens with zero attached hydrogens (tertiary/aromatic N) is 2. The lowest BCUT2D eigenvalue weighted by molar-refractivity contribution is -0.145. The third-order valence-corrected chi connectivity index (χ3v) is 6.23. The van der Waals surface area contributed by atoms with E-state index < -0.39 is 0 Å². The molecule has 1 aromatic rings. The van der Waals surface area contributed by atoms with Crippen molar-refractivity contribution in [2.24, 2.45) is 11.8 Å². The maximum Gasteiger partial charge on any atom is 0.234 e. The molecule has 1 aromatic carbocycles. The van der Waals surface area contributed by atoms with Crippen molar-refractivity contribution < 1.29 is 9.59 Å². The average molecular weight is 355 g/mol. The van der Waals surface area contributed by atoms with Crippen LogP contribution >= 0.6 is 0 Å². The van der Waals surface area contributed by atoms with E-state index in [1.165, 1.54) is 12.0 Å². The molecule has 26 heavy (non-hydrogen) atoms. The number of likely N-dealkylation sites (tertiary alicyclic amines) is 1. The molecule has 3 fully saturated rings. The molecule has 4 rings (SSSR count). The van der Waals surface area contributed by atoms with Gasteiger partial charge in [0.2, 0.25) is 11.8 Å². The van der Waals surface area contributed by atoms with E-state index in [-0.39, 0.29) is 5.91 Å². The predicted octanol–water partition coefficient (Wildman–Crippen LogP) is 1.94. The van der Waals surface area contributed by atoms with Crippen molar-refractivity contribution >= 4 is 11.8 Å². The summed E-state index contributed by atoms with van der Waals surface area (Å²) in [6, 6.07) is 8.69. The van der Waals surface area contributed by atoms with E-state index in [0.29, 0.717) is 36.9 Å². The van der Waals surface area contributed by atoms with Crippen LogP contribution in [0.15, 0.2) is 24.3 Å². The first-order valence-corrected chi connectivity index (χ1v) is 9.92. The van der Waals surface area contributed by atoms with E-state index in [0.717, 1.165) is 44.5 Å². The van der Waals surface area contributed by atoms with Crippen molar-refractivity contribution in [1.29, 1.82) is 0 Å². The van der Waals surface area contributed by atoms with E-state index in [9.17, 15) is 9.59 Å². The van der Waals surface area contributed by atoms with Crippen LogP contribution in [-0.2, 0) is 16.1 Å². The highest BCUT2D eigenvalue weighted by Crippen LogP contribution is 2.37. The molecular weight excluding hydrogens is 326 g/mol. The molecule has 5 heteroatoms. The van der Waals surface area contributed by atoms with Crippen molar-refractivity contribution in [3.8, 4) is 0 Å². The number of carbonyl (C=O) groups is 2. The second kappa shape index (κ2) is 7.39. The zero-order valence-electron chi connectivity index (χ0n) is 15.6. The summed E-state index contributed by atoms with van der Waals surface area (Å²) in [6.45, 7) is 5.90. The highest BCUT2D eigenvalue weighted by molar-refractivity contribution is 5.78. The number of nitrogens with one attached hydrogen (secondary N) is 1. The van der Waals surface area contributed by atoms with E-state index in [1.807, 2.05) is 0 Å². The van der Waals surface area contributed by atoms with Crippen LogP contribution in [0.4, 0.5) is 0 Å². The number of fused-ring (bicyclic) bond motifs is 4. The molecule has 3 atom stereocenters. The first kappa shape index (κ1) is 17.5. The van der Waals surface area contributed by atoms with Crippen molar-refractivity contribution in [2.45, 2.75) is 45.2 Å². The van der Waals surface area contributed by atoms with Crippen molar-refractivity contribution in [2.75, 3.05) is 26.2 Å². The molecule has 2 unspecified atom stereocenters. The number of carbonyl (C=O) groups excluding carboxylic acids is 2. The first-order chi connectivity index (χ1) is 12.6. The number of aryl methyl sites for hydroxylation is 1. The summed E-state index contributed by atoms with van der Waals surface area (Å²) in [5.74, 6) is 1.51. The summed E-state index contributed by atoms with van der Waals surface area (Å²) < 4.78 is 0. The number of amides is 2. The summed E-state index contributed by atoms with van der Waals surface area (Å²) in [5.41, 5.74) is 2.37. The molecule has 0 aromatic heterocycles. The van der Waals surface area contributed by atoms with Crippen LogP contribution in [0.2, 0.25) is 0 Å². The average Bonchev–Trinajstić information content (AvgIpc) is 2.62. The Labute approximate surface area is 155 Å². The largest absolute Gasteiger partial charge is 0.351 e. The second-order valence-corrected chi connectivity index (χ2v) is 8.32. The summed E-state index contributed by atoms with van der Waals surface area (Å²) in [7, 11) is 0. The molecule has 140 valence electrons. The van der Waals surface area contributed by atoms with Crippen LogP contribution in [0, 0.1) is 18.8 Å². The highest BCUT2D eigenvalue weighted by atomic mass is 16.2. The van der Waals surface area contributed by atoms with Gasteiger partial charge in [-0.3, -0.25) is 14.5 Å². The quantitative estimate of drug-likeness (QED) is 0.898. The Bertz CT molecular complexity index is 672. The van der Waals surface area contributed by atoms with Gasteiger partial charge in [-0.15, -0.1) is 0 Å². The molecule has 5 nitrogen and oxygen atoms in total. The molecule has 3 heterocycles. The number of hydrogen-bond donors (Lipinski definition) is 1. The Hall–Kier alpha value is -1.88. The third kappa shape index (κ3) is 3.78. The fourth-order valence-corrected chi connectivity index (χ4v) is 5.01. The molecule has 0 aliphatic carbocycles. The van der Waals surface area contributed by atoms with Gasteiger partial charge in [0.15, 0.2) is 0 Å². The van der Waals surface area contributed by atoms with Gasteiger partial charge in [-0.25, -0.2) is 0 Å². The van der Waals surface area contributed by atoms with Gasteiger partial charge in [-0.2, -0.15) is 0 Å². The van der Waals surface area contributed by atoms with Gasteiger partial charge >= 0.3 is 0 Å². The number of rotatable bonds is 4. The lowest BCUT2D eigenvalue weighted by atomic mass is 9.76. The van der Waals surface area contributed by atoms with Gasteiger partial charge in [0, 0.05) is 38.6 Å². The molecule has 3 aliphatic rings. The number of benzene rings is 1. The van der Waals surface area contributed by atoms with E-state index in [4.69, 9.17) is 0 Å². The normalized spacial score (nSPS) is 28.6. The van der Waals surface area contributed by atoms with Crippen LogP contribution in [0.3, 0.4) is 0 Å². The molecule has 3 saturated heterocycles. The van der Waals surface area contributed by atoms with Gasteiger partial charge in [-0.1, -0.05) is 29.8 Å². The Morgan fingerprint density at radius 2 is 2.00 bits per heavy atom. The molecular formula is C21H29N3O2. The number of piperidine rings is 3. The van der Waals surface area contributed by atoms with Crippen LogP contribution in [0.1, 0.15) is 36.8 Å². The maximum atomic E-state index is 12.4. The Morgan fingerprint density at radius 1 is 1.19 bits per heavy atom. The van der Waals surface area contributed by atoms with Crippen molar-refractivity contribution in [1.82, 2.24) is 15.1 Å². The Kier molecular flexibility index (Phi) is 4.98. The molecule has 1 N–H and O–H groups in total. The molecule has 3 aliphatic heterocycles. The zero-order chi connectivity index (χ0) is 18.1. The molecule has 2 bridgehead atoms. The zero-order valence-corrected chi connectivity index (χ0v) is 15.6. The smallest absolute Gasteiger partial charge is 0.234 e. The minimum Gasteiger partial charge on any atom is -0.351 e. The maximum absolute atomic E-state index is 12.4. The fourth-order valence-electron chi connectivity index (χ4n) is 5.01. The molecule has 2 amide bonds. The minimum absolute atomic E-state index is 0.0992. The minimum atomic E-state index is 0.0992. The van der Waals surface area contributed by atoms with Crippen LogP contribution in [0.5, 0.6) is 0 Å². The summed E-state index contributed by atoms with van der Waals surface area (Å²) in [4.78, 5) is 29.1. The highest BCUT2D eigenvalue weighted by Gasteiger charge is 2.43. The molecule has 0 spiro atoms. The summed E-state index contributed by atoms with van der Waals surface area (Å²) in [6.07, 6.45) is 4.10. The SMILES string of the molecule is Cc1ccc(CNC(=O)CN2CC3CC(C2)[C@H]2CCCC(=O)N2C3)cc1. The van der Waals surface area contributed by atoms with E-state index >= 15 is 0 Å². The van der Waals surface area contributed by atoms with Crippen molar-refractivity contribution in [3.63, 3.8) is 0 Å². The first-order valence-electron chi connectivity index (χ1n) is 9.92. The predicted molar refractivity (Wildman–Crippen MR) is 100 cm³/mol. The lowest BCUT2D eigenvalue weighted by Crippen LogP contribution is -2.61. The summed E-state index contributed by atoms with van der Waals surface area (Å²) >= 11 is 0. The van der Waals surface area contributed by atoms with Crippen LogP contribution in [0.25, 0.3) is 0 Å². The summed E-state index contributed by atoms with van der Waals surface area (Å²) in [5, 5.41) is 3.05. The molecule has 0 saturated carbocycles. The monoisotopic (exact) mass is 355 g/mol. The number of hydrogen-bond acceptors (Lipinski definition) is 3. The molecule has 0 radical (unpaired) electrons. The second-order valence-electron chi connectivity index (χ2n) is 8.32. The topological polar surface area (TPSA) is 52.7 Å². The van der Waals surface area contributed by atoms with Crippen molar-refractivity contribution in [3.05, 3.63) is 35.4 Å². The van der Waals surface area contributed by atoms with Gasteiger partial charge in [0.1, 0.15) is 0 Å². The Balaban J connectivity index is 1.30. The van der Waals surface area contributed by atoms with Gasteiger partial charge in [0.05, 0.1) is 6.54 Å². The fraction of sp³-hybridized carbons (Fsp3) is 0.619. The van der Waals surface area contributed by atoms with Crippen LogP contribution < -0.4 is 5.32 Å². The lowest BCUT2D eigenvalue weighted by Gasteiger charge is -2.52. The standard InChI is InChI=1S/C21H29N3O2/c1-15-5-7-16(8-6-15)10-22-20(25)14-23-11-17-9-18(13-23)19-3-2-4-21(26)24(19)12-17/h5-8,17-19H,2-4,9-14H2,1H3,(H,22,25)/t17?,18?,19-/m1/s1. The van der Waals surface area contributed by atoms with Gasteiger partial charge in [0.25, 0.3) is 0 Å². The van der Waals surface area contributed by atoms with E-state index in [2.05, 4.69) is 46.3 Å². The van der Waals surface area contributed by atoms with Gasteiger partial charge in [-0.05, 0) is 43.6 Å².